The lowest BCUT2D eigenvalue weighted by atomic mass is 10.0. The number of nitrogens with zero attached hydrogens (tertiary/aromatic N) is 6. The summed E-state index contributed by atoms with van der Waals surface area (Å²) in [4.78, 5) is 11.9. The van der Waals surface area contributed by atoms with Crippen LogP contribution < -0.4 is 0 Å². The van der Waals surface area contributed by atoms with Crippen LogP contribution in [0.5, 0.6) is 0 Å². The van der Waals surface area contributed by atoms with Crippen molar-refractivity contribution < 1.29 is 8.42 Å². The quantitative estimate of drug-likeness (QED) is 0.617. The number of rotatable bonds is 7. The van der Waals surface area contributed by atoms with E-state index in [1.165, 1.54) is 10.7 Å². The molecule has 0 radical (unpaired) electrons. The maximum absolute atomic E-state index is 12.6. The Hall–Kier alpha value is -2.30. The van der Waals surface area contributed by atoms with Gasteiger partial charge in [0.2, 0.25) is 10.0 Å². The molecule has 0 aliphatic carbocycles. The van der Waals surface area contributed by atoms with Crippen molar-refractivity contribution in [3.05, 3.63) is 36.2 Å². The summed E-state index contributed by atoms with van der Waals surface area (Å²) in [7, 11) is -0.411. The topological polar surface area (TPSA) is 100 Å². The van der Waals surface area contributed by atoms with Gasteiger partial charge in [0.15, 0.2) is 0 Å². The maximum Gasteiger partial charge on any atom is 0.242 e. The summed E-state index contributed by atoms with van der Waals surface area (Å²) in [5.74, 6) is 1.85. The van der Waals surface area contributed by atoms with Gasteiger partial charge in [-0.25, -0.2) is 22.7 Å². The normalized spacial score (nSPS) is 18.5. The molecule has 3 heterocycles. The van der Waals surface area contributed by atoms with Gasteiger partial charge in [-0.3, -0.25) is 10.00 Å². The van der Waals surface area contributed by atoms with Crippen LogP contribution in [0.4, 0.5) is 0 Å². The molecule has 9 nitrogen and oxygen atoms in total. The third kappa shape index (κ3) is 3.86. The SMILES string of the molecule is CCCn1c(CN2CCCCC2c2ncn[nH]2)nc2cc(S(=O)(=O)N(C)C)ccc21. The number of nitrogens with one attached hydrogen (secondary N) is 1. The van der Waals surface area contributed by atoms with Crippen LogP contribution in [0.15, 0.2) is 29.4 Å². The van der Waals surface area contributed by atoms with E-state index in [-0.39, 0.29) is 10.9 Å². The van der Waals surface area contributed by atoms with Gasteiger partial charge in [0.1, 0.15) is 18.0 Å². The van der Waals surface area contributed by atoms with E-state index >= 15 is 0 Å². The van der Waals surface area contributed by atoms with E-state index in [1.54, 1.807) is 32.6 Å². The number of aromatic nitrogens is 5. The minimum absolute atomic E-state index is 0.195. The largest absolute Gasteiger partial charge is 0.327 e. The van der Waals surface area contributed by atoms with Gasteiger partial charge in [-0.1, -0.05) is 13.3 Å². The van der Waals surface area contributed by atoms with Crippen LogP contribution in [0.3, 0.4) is 0 Å². The number of aryl methyl sites for hydroxylation is 1. The van der Waals surface area contributed by atoms with E-state index < -0.39 is 10.0 Å². The van der Waals surface area contributed by atoms with Crippen molar-refractivity contribution in [3.63, 3.8) is 0 Å². The number of benzene rings is 1. The van der Waals surface area contributed by atoms with Crippen LogP contribution in [0.2, 0.25) is 0 Å². The summed E-state index contributed by atoms with van der Waals surface area (Å²) in [6.07, 6.45) is 5.88. The first-order valence-electron chi connectivity index (χ1n) is 10.4. The zero-order chi connectivity index (χ0) is 21.3. The van der Waals surface area contributed by atoms with Crippen molar-refractivity contribution in [2.45, 2.75) is 56.6 Å². The third-order valence-electron chi connectivity index (χ3n) is 5.73. The molecule has 1 fully saturated rings. The fourth-order valence-electron chi connectivity index (χ4n) is 4.17. The van der Waals surface area contributed by atoms with Crippen LogP contribution in [0, 0.1) is 0 Å². The van der Waals surface area contributed by atoms with Gasteiger partial charge in [0.25, 0.3) is 0 Å². The van der Waals surface area contributed by atoms with Gasteiger partial charge in [-0.2, -0.15) is 5.10 Å². The molecule has 10 heteroatoms. The Morgan fingerprint density at radius 2 is 2.10 bits per heavy atom. The lowest BCUT2D eigenvalue weighted by Crippen LogP contribution is -2.34. The Labute approximate surface area is 177 Å². The molecule has 1 saturated heterocycles. The van der Waals surface area contributed by atoms with Gasteiger partial charge in [0, 0.05) is 20.6 Å². The lowest BCUT2D eigenvalue weighted by molar-refractivity contribution is 0.129. The smallest absolute Gasteiger partial charge is 0.242 e. The van der Waals surface area contributed by atoms with Gasteiger partial charge in [0.05, 0.1) is 28.5 Å². The van der Waals surface area contributed by atoms with Crippen molar-refractivity contribution >= 4 is 21.1 Å². The molecule has 1 aliphatic rings. The average molecular weight is 432 g/mol. The minimum atomic E-state index is -3.50. The summed E-state index contributed by atoms with van der Waals surface area (Å²) in [6, 6.07) is 5.43. The van der Waals surface area contributed by atoms with Crippen molar-refractivity contribution in [2.24, 2.45) is 0 Å². The van der Waals surface area contributed by atoms with Crippen molar-refractivity contribution in [2.75, 3.05) is 20.6 Å². The molecule has 30 heavy (non-hydrogen) atoms. The van der Waals surface area contributed by atoms with Crippen LogP contribution in [0.25, 0.3) is 11.0 Å². The monoisotopic (exact) mass is 431 g/mol. The second-order valence-electron chi connectivity index (χ2n) is 7.97. The number of piperidine rings is 1. The Morgan fingerprint density at radius 3 is 2.80 bits per heavy atom. The predicted molar refractivity (Wildman–Crippen MR) is 114 cm³/mol. The summed E-state index contributed by atoms with van der Waals surface area (Å²) < 4.78 is 28.5. The van der Waals surface area contributed by atoms with Crippen LogP contribution >= 0.6 is 0 Å². The molecule has 4 rings (SSSR count). The molecule has 0 saturated carbocycles. The number of aromatic amines is 1. The van der Waals surface area contributed by atoms with Crippen molar-refractivity contribution in [3.8, 4) is 0 Å². The van der Waals surface area contributed by atoms with Gasteiger partial charge in [-0.05, 0) is 44.0 Å². The first kappa shape index (κ1) is 21.0. The molecule has 0 bridgehead atoms. The van der Waals surface area contributed by atoms with E-state index in [1.807, 2.05) is 6.07 Å². The highest BCUT2D eigenvalue weighted by Gasteiger charge is 2.28. The number of hydrogen-bond acceptors (Lipinski definition) is 6. The second-order valence-corrected chi connectivity index (χ2v) is 10.1. The number of H-pyrrole nitrogens is 1. The van der Waals surface area contributed by atoms with Crippen LogP contribution in [0.1, 0.15) is 50.3 Å². The fourth-order valence-corrected chi connectivity index (χ4v) is 5.09. The summed E-state index contributed by atoms with van der Waals surface area (Å²) in [5, 5.41) is 7.05. The van der Waals surface area contributed by atoms with E-state index in [0.29, 0.717) is 6.54 Å². The highest BCUT2D eigenvalue weighted by atomic mass is 32.2. The molecule has 1 aromatic carbocycles. The number of imidazole rings is 1. The van der Waals surface area contributed by atoms with E-state index in [9.17, 15) is 8.42 Å². The molecule has 1 N–H and O–H groups in total. The molecule has 1 aliphatic heterocycles. The first-order valence-corrected chi connectivity index (χ1v) is 11.9. The zero-order valence-electron chi connectivity index (χ0n) is 17.7. The Balaban J connectivity index is 1.71. The predicted octanol–water partition coefficient (Wildman–Crippen LogP) is 2.54. The Bertz CT molecular complexity index is 1110. The number of fused-ring (bicyclic) bond motifs is 1. The lowest BCUT2D eigenvalue weighted by Gasteiger charge is -2.34. The molecular weight excluding hydrogens is 402 g/mol. The summed E-state index contributed by atoms with van der Waals surface area (Å²) in [6.45, 7) is 4.64. The standard InChI is InChI=1S/C20H29N7O2S/c1-4-10-27-17-9-8-15(30(28,29)25(2)3)12-16(17)23-19(27)13-26-11-6-5-7-18(26)20-21-14-22-24-20/h8-9,12,14,18H,4-7,10-11,13H2,1-3H3,(H,21,22,24). The minimum Gasteiger partial charge on any atom is -0.327 e. The fraction of sp³-hybridized carbons (Fsp3) is 0.550. The van der Waals surface area contributed by atoms with E-state index in [0.717, 1.165) is 55.0 Å². The molecule has 1 atom stereocenters. The summed E-state index contributed by atoms with van der Waals surface area (Å²) >= 11 is 0. The number of hydrogen-bond donors (Lipinski definition) is 1. The van der Waals surface area contributed by atoms with Crippen molar-refractivity contribution in [1.82, 2.24) is 33.9 Å². The van der Waals surface area contributed by atoms with Crippen molar-refractivity contribution in [1.29, 1.82) is 0 Å². The second kappa shape index (κ2) is 8.44. The maximum atomic E-state index is 12.6. The molecule has 1 unspecified atom stereocenters. The Kier molecular flexibility index (Phi) is 5.90. The third-order valence-corrected chi connectivity index (χ3v) is 7.54. The molecule has 162 valence electrons. The van der Waals surface area contributed by atoms with Gasteiger partial charge in [-0.15, -0.1) is 0 Å². The molecular formula is C20H29N7O2S. The average Bonchev–Trinajstić information content (AvgIpc) is 3.37. The molecule has 0 spiro atoms. The summed E-state index contributed by atoms with van der Waals surface area (Å²) in [5.41, 5.74) is 1.69. The van der Waals surface area contributed by atoms with Crippen LogP contribution in [-0.4, -0.2) is 63.0 Å². The number of sulfonamides is 1. The number of likely N-dealkylation sites (tertiary alicyclic amines) is 1. The van der Waals surface area contributed by atoms with E-state index in [2.05, 4.69) is 31.6 Å². The highest BCUT2D eigenvalue weighted by molar-refractivity contribution is 7.89. The first-order chi connectivity index (χ1) is 14.4. The zero-order valence-corrected chi connectivity index (χ0v) is 18.6. The molecule has 3 aromatic rings. The highest BCUT2D eigenvalue weighted by Crippen LogP contribution is 2.31. The Morgan fingerprint density at radius 1 is 1.27 bits per heavy atom. The molecule has 2 aromatic heterocycles. The van der Waals surface area contributed by atoms with E-state index in [4.69, 9.17) is 4.98 Å². The van der Waals surface area contributed by atoms with Gasteiger partial charge < -0.3 is 4.57 Å². The van der Waals surface area contributed by atoms with Crippen LogP contribution in [-0.2, 0) is 23.1 Å². The molecule has 0 amide bonds. The van der Waals surface area contributed by atoms with Gasteiger partial charge >= 0.3 is 0 Å².